The Morgan fingerprint density at radius 2 is 1.77 bits per heavy atom. The fourth-order valence-corrected chi connectivity index (χ4v) is 5.07. The van der Waals surface area contributed by atoms with E-state index in [-0.39, 0.29) is 10.0 Å². The van der Waals surface area contributed by atoms with Crippen molar-refractivity contribution in [2.45, 2.75) is 40.0 Å². The Bertz CT molecular complexity index is 169. The fourth-order valence-electron chi connectivity index (χ4n) is 2.18. The van der Waals surface area contributed by atoms with Gasteiger partial charge in [-0.1, -0.05) is 32.4 Å². The van der Waals surface area contributed by atoms with Crippen LogP contribution in [0.25, 0.3) is 0 Å². The molecule has 0 aliphatic heterocycles. The summed E-state index contributed by atoms with van der Waals surface area (Å²) in [6.07, 6.45) is 6.67. The van der Waals surface area contributed by atoms with Crippen LogP contribution in [0.5, 0.6) is 0 Å². The van der Waals surface area contributed by atoms with Crippen molar-refractivity contribution in [1.82, 2.24) is 0 Å². The maximum Gasteiger partial charge on any atom is -0.00164 e. The van der Waals surface area contributed by atoms with Crippen molar-refractivity contribution in [2.75, 3.05) is 23.0 Å². The highest BCUT2D eigenvalue weighted by molar-refractivity contribution is 8.33. The minimum Gasteiger partial charge on any atom is -0.238 e. The lowest BCUT2D eigenvalue weighted by atomic mass is 10.3. The van der Waals surface area contributed by atoms with E-state index in [0.29, 0.717) is 0 Å². The Morgan fingerprint density at radius 1 is 1.15 bits per heavy atom. The minimum absolute atomic E-state index is 0.262. The molecule has 1 heteroatoms. The molecule has 0 radical (unpaired) electrons. The van der Waals surface area contributed by atoms with Crippen molar-refractivity contribution in [3.8, 4) is 0 Å². The SMILES string of the molecule is CCS(CC)(CC)CC1=CCCC1. The van der Waals surface area contributed by atoms with Gasteiger partial charge in [0.05, 0.1) is 0 Å². The molecule has 0 aromatic rings. The topological polar surface area (TPSA) is 0 Å². The van der Waals surface area contributed by atoms with Gasteiger partial charge in [-0.15, -0.1) is 0 Å². The van der Waals surface area contributed by atoms with Crippen LogP contribution in [0.15, 0.2) is 11.6 Å². The second-order valence-corrected chi connectivity index (χ2v) is 8.46. The van der Waals surface area contributed by atoms with Crippen LogP contribution >= 0.6 is 10.0 Å². The van der Waals surface area contributed by atoms with Crippen LogP contribution in [0, 0.1) is 0 Å². The molecule has 0 aromatic carbocycles. The number of hydrogen-bond donors (Lipinski definition) is 0. The molecule has 0 aromatic heterocycles. The first-order valence-corrected chi connectivity index (χ1v) is 7.99. The summed E-state index contributed by atoms with van der Waals surface area (Å²) in [6.45, 7) is 7.16. The molecule has 0 N–H and O–H groups in total. The number of allylic oxidation sites excluding steroid dienone is 1. The van der Waals surface area contributed by atoms with Crippen LogP contribution in [0.3, 0.4) is 0 Å². The third kappa shape index (κ3) is 2.77. The summed E-state index contributed by atoms with van der Waals surface area (Å²) in [7, 11) is -0.262. The van der Waals surface area contributed by atoms with Gasteiger partial charge in [-0.05, 0) is 42.3 Å². The third-order valence-electron chi connectivity index (χ3n) is 3.46. The van der Waals surface area contributed by atoms with E-state index in [0.717, 1.165) is 0 Å². The summed E-state index contributed by atoms with van der Waals surface area (Å²) in [5.74, 6) is 5.74. The van der Waals surface area contributed by atoms with Gasteiger partial charge in [0.2, 0.25) is 0 Å². The predicted octanol–water partition coefficient (Wildman–Crippen LogP) is 3.96. The summed E-state index contributed by atoms with van der Waals surface area (Å²) in [6, 6.07) is 0. The summed E-state index contributed by atoms with van der Waals surface area (Å²) >= 11 is 0. The third-order valence-corrected chi connectivity index (χ3v) is 8.12. The summed E-state index contributed by atoms with van der Waals surface area (Å²) < 4.78 is 0. The molecule has 1 aliphatic carbocycles. The van der Waals surface area contributed by atoms with E-state index >= 15 is 0 Å². The van der Waals surface area contributed by atoms with E-state index in [2.05, 4.69) is 26.8 Å². The number of rotatable bonds is 5. The molecule has 1 aliphatic rings. The Balaban J connectivity index is 2.55. The van der Waals surface area contributed by atoms with Gasteiger partial charge in [0.1, 0.15) is 0 Å². The van der Waals surface area contributed by atoms with Crippen LogP contribution < -0.4 is 0 Å². The average molecular weight is 200 g/mol. The van der Waals surface area contributed by atoms with Crippen molar-refractivity contribution in [3.05, 3.63) is 11.6 Å². The van der Waals surface area contributed by atoms with Crippen molar-refractivity contribution in [3.63, 3.8) is 0 Å². The average Bonchev–Trinajstić information content (AvgIpc) is 2.67. The molecule has 0 nitrogen and oxygen atoms in total. The van der Waals surface area contributed by atoms with Crippen LogP contribution in [0.1, 0.15) is 40.0 Å². The quantitative estimate of drug-likeness (QED) is 0.589. The second-order valence-electron chi connectivity index (χ2n) is 3.99. The van der Waals surface area contributed by atoms with E-state index in [1.807, 2.05) is 0 Å². The van der Waals surface area contributed by atoms with E-state index < -0.39 is 0 Å². The lowest BCUT2D eigenvalue weighted by Crippen LogP contribution is -2.14. The first kappa shape index (κ1) is 11.2. The van der Waals surface area contributed by atoms with Crippen LogP contribution in [-0.4, -0.2) is 23.0 Å². The largest absolute Gasteiger partial charge is 0.238 e. The molecule has 0 atom stereocenters. The van der Waals surface area contributed by atoms with Gasteiger partial charge in [0.25, 0.3) is 0 Å². The lowest BCUT2D eigenvalue weighted by molar-refractivity contribution is 0.907. The van der Waals surface area contributed by atoms with Gasteiger partial charge in [0.15, 0.2) is 0 Å². The van der Waals surface area contributed by atoms with Gasteiger partial charge >= 0.3 is 0 Å². The Morgan fingerprint density at radius 3 is 2.15 bits per heavy atom. The maximum absolute atomic E-state index is 2.50. The summed E-state index contributed by atoms with van der Waals surface area (Å²) in [5.41, 5.74) is 1.78. The fraction of sp³-hybridized carbons (Fsp3) is 0.833. The zero-order valence-electron chi connectivity index (χ0n) is 9.44. The highest BCUT2D eigenvalue weighted by Gasteiger charge is 2.20. The molecule has 1 rings (SSSR count). The van der Waals surface area contributed by atoms with E-state index in [1.54, 1.807) is 5.57 Å². The van der Waals surface area contributed by atoms with Crippen LogP contribution in [-0.2, 0) is 0 Å². The minimum atomic E-state index is -0.262. The second kappa shape index (κ2) is 5.09. The highest BCUT2D eigenvalue weighted by atomic mass is 32.3. The van der Waals surface area contributed by atoms with Gasteiger partial charge in [-0.3, -0.25) is 0 Å². The van der Waals surface area contributed by atoms with E-state index in [1.165, 1.54) is 42.3 Å². The standard InChI is InChI=1S/C12H24S/c1-4-13(5-2,6-3)11-12-9-7-8-10-12/h9H,4-8,10-11H2,1-3H3. The smallest absolute Gasteiger partial charge is 0.00164 e. The molecule has 0 unspecified atom stereocenters. The molecule has 13 heavy (non-hydrogen) atoms. The molecule has 0 amide bonds. The Hall–Kier alpha value is 0.0900. The monoisotopic (exact) mass is 200 g/mol. The number of hydrogen-bond acceptors (Lipinski definition) is 0. The summed E-state index contributed by atoms with van der Waals surface area (Å²) in [5, 5.41) is 0. The zero-order chi connectivity index (χ0) is 9.73. The molecule has 0 spiro atoms. The Labute approximate surface area is 85.1 Å². The molecule has 0 heterocycles. The van der Waals surface area contributed by atoms with E-state index in [9.17, 15) is 0 Å². The summed E-state index contributed by atoms with van der Waals surface area (Å²) in [4.78, 5) is 0. The normalized spacial score (nSPS) is 18.8. The first-order chi connectivity index (χ1) is 6.26. The highest BCUT2D eigenvalue weighted by Crippen LogP contribution is 2.49. The molecule has 0 fully saturated rings. The first-order valence-electron chi connectivity index (χ1n) is 5.68. The van der Waals surface area contributed by atoms with Crippen molar-refractivity contribution in [2.24, 2.45) is 0 Å². The molecule has 0 saturated carbocycles. The van der Waals surface area contributed by atoms with Crippen LogP contribution in [0.2, 0.25) is 0 Å². The van der Waals surface area contributed by atoms with Gasteiger partial charge in [-0.25, -0.2) is 10.0 Å². The molecular weight excluding hydrogens is 176 g/mol. The van der Waals surface area contributed by atoms with Gasteiger partial charge < -0.3 is 0 Å². The Kier molecular flexibility index (Phi) is 4.37. The molecular formula is C12H24S. The van der Waals surface area contributed by atoms with Crippen molar-refractivity contribution in [1.29, 1.82) is 0 Å². The molecule has 0 saturated heterocycles. The van der Waals surface area contributed by atoms with E-state index in [4.69, 9.17) is 0 Å². The lowest BCUT2D eigenvalue weighted by Gasteiger charge is -2.38. The molecule has 78 valence electrons. The predicted molar refractivity (Wildman–Crippen MR) is 66.0 cm³/mol. The van der Waals surface area contributed by atoms with Crippen molar-refractivity contribution >= 4 is 10.0 Å². The van der Waals surface area contributed by atoms with Gasteiger partial charge in [-0.2, -0.15) is 0 Å². The molecule has 0 bridgehead atoms. The van der Waals surface area contributed by atoms with Crippen LogP contribution in [0.4, 0.5) is 0 Å². The van der Waals surface area contributed by atoms with Gasteiger partial charge in [0, 0.05) is 0 Å². The zero-order valence-corrected chi connectivity index (χ0v) is 10.3. The van der Waals surface area contributed by atoms with Crippen molar-refractivity contribution < 1.29 is 0 Å². The maximum atomic E-state index is 2.50.